The Hall–Kier alpha value is -0.780. The Kier molecular flexibility index (Phi) is 5.52. The smallest absolute Gasteiger partial charge is 0.242 e. The summed E-state index contributed by atoms with van der Waals surface area (Å²) >= 11 is 6.42. The number of sulfonamides is 1. The highest BCUT2D eigenvalue weighted by Gasteiger charge is 2.22. The van der Waals surface area contributed by atoms with Crippen LogP contribution in [0, 0.1) is 0 Å². The third-order valence-corrected chi connectivity index (χ3v) is 6.27. The van der Waals surface area contributed by atoms with E-state index in [-0.39, 0.29) is 11.4 Å². The topological polar surface area (TPSA) is 49.4 Å². The molecule has 21 heavy (non-hydrogen) atoms. The van der Waals surface area contributed by atoms with Crippen molar-refractivity contribution in [2.24, 2.45) is 0 Å². The molecule has 0 aliphatic heterocycles. The summed E-state index contributed by atoms with van der Waals surface area (Å²) in [5.74, 6) is 0. The molecule has 1 saturated carbocycles. The van der Waals surface area contributed by atoms with Gasteiger partial charge in [0.15, 0.2) is 0 Å². The molecule has 0 saturated heterocycles. The fourth-order valence-corrected chi connectivity index (χ4v) is 3.82. The van der Waals surface area contributed by atoms with Crippen molar-refractivity contribution in [2.45, 2.75) is 48.4 Å². The Morgan fingerprint density at radius 3 is 2.33 bits per heavy atom. The van der Waals surface area contributed by atoms with E-state index in [1.807, 2.05) is 12.1 Å². The summed E-state index contributed by atoms with van der Waals surface area (Å²) in [7, 11) is -0.298. The van der Waals surface area contributed by atoms with Crippen molar-refractivity contribution in [1.29, 1.82) is 0 Å². The summed E-state index contributed by atoms with van der Waals surface area (Å²) in [6.45, 7) is 0. The monoisotopic (exact) mass is 330 g/mol. The molecular weight excluding hydrogens is 308 g/mol. The third-order valence-electron chi connectivity index (χ3n) is 3.92. The minimum atomic E-state index is -3.36. The molecule has 6 heteroatoms. The largest absolute Gasteiger partial charge is 0.381 e. The maximum Gasteiger partial charge on any atom is 0.242 e. The molecule has 1 aliphatic rings. The van der Waals surface area contributed by atoms with Crippen molar-refractivity contribution in [3.8, 4) is 0 Å². The number of nitrogens with zero attached hydrogens (tertiary/aromatic N) is 1. The molecule has 1 fully saturated rings. The molecule has 118 valence electrons. The number of rotatable bonds is 4. The minimum Gasteiger partial charge on any atom is -0.381 e. The molecule has 1 N–H and O–H groups in total. The highest BCUT2D eigenvalue weighted by molar-refractivity contribution is 7.89. The fourth-order valence-electron chi connectivity index (χ4n) is 2.57. The lowest BCUT2D eigenvalue weighted by atomic mass is 10.1. The van der Waals surface area contributed by atoms with Crippen molar-refractivity contribution in [2.75, 3.05) is 19.4 Å². The van der Waals surface area contributed by atoms with Gasteiger partial charge in [0.1, 0.15) is 0 Å². The molecule has 2 unspecified atom stereocenters. The normalized spacial score (nSPS) is 23.8. The van der Waals surface area contributed by atoms with E-state index in [0.29, 0.717) is 4.90 Å². The van der Waals surface area contributed by atoms with Crippen LogP contribution in [0.5, 0.6) is 0 Å². The Bertz CT molecular complexity index is 558. The number of anilines is 1. The van der Waals surface area contributed by atoms with Crippen LogP contribution in [-0.4, -0.2) is 38.2 Å². The molecule has 1 aromatic carbocycles. The quantitative estimate of drug-likeness (QED) is 0.680. The lowest BCUT2D eigenvalue weighted by molar-refractivity contribution is 0.521. The first kappa shape index (κ1) is 16.6. The SMILES string of the molecule is CN(C)S(=O)(=O)c1ccc(NC2CCCCCC2Cl)cc1. The highest BCUT2D eigenvalue weighted by atomic mass is 35.5. The van der Waals surface area contributed by atoms with Gasteiger partial charge in [0.2, 0.25) is 10.0 Å². The molecule has 0 heterocycles. The molecule has 0 radical (unpaired) electrons. The van der Waals surface area contributed by atoms with Crippen molar-refractivity contribution in [3.63, 3.8) is 0 Å². The number of nitrogens with one attached hydrogen (secondary N) is 1. The maximum atomic E-state index is 12.0. The van der Waals surface area contributed by atoms with Crippen LogP contribution in [0.25, 0.3) is 0 Å². The van der Waals surface area contributed by atoms with Gasteiger partial charge in [-0.05, 0) is 37.1 Å². The van der Waals surface area contributed by atoms with Gasteiger partial charge in [0.25, 0.3) is 0 Å². The molecule has 0 bridgehead atoms. The first-order valence-electron chi connectivity index (χ1n) is 7.34. The van der Waals surface area contributed by atoms with Crippen LogP contribution in [0.4, 0.5) is 5.69 Å². The lowest BCUT2D eigenvalue weighted by Crippen LogP contribution is -2.28. The van der Waals surface area contributed by atoms with E-state index in [2.05, 4.69) is 5.32 Å². The van der Waals surface area contributed by atoms with Gasteiger partial charge < -0.3 is 5.32 Å². The molecule has 2 rings (SSSR count). The zero-order chi connectivity index (χ0) is 15.5. The summed E-state index contributed by atoms with van der Waals surface area (Å²) in [4.78, 5) is 0.307. The predicted molar refractivity (Wildman–Crippen MR) is 87.5 cm³/mol. The van der Waals surface area contributed by atoms with E-state index in [4.69, 9.17) is 11.6 Å². The molecular formula is C15H23ClN2O2S. The summed E-state index contributed by atoms with van der Waals surface area (Å²) < 4.78 is 25.2. The first-order valence-corrected chi connectivity index (χ1v) is 9.22. The average molecular weight is 331 g/mol. The fraction of sp³-hybridized carbons (Fsp3) is 0.600. The van der Waals surface area contributed by atoms with Gasteiger partial charge >= 0.3 is 0 Å². The van der Waals surface area contributed by atoms with Gasteiger partial charge in [0.05, 0.1) is 10.3 Å². The highest BCUT2D eigenvalue weighted by Crippen LogP contribution is 2.26. The number of benzene rings is 1. The molecule has 0 spiro atoms. The first-order chi connectivity index (χ1) is 9.91. The van der Waals surface area contributed by atoms with Crippen molar-refractivity contribution in [3.05, 3.63) is 24.3 Å². The summed E-state index contributed by atoms with van der Waals surface area (Å²) in [6.07, 6.45) is 5.71. The molecule has 0 amide bonds. The van der Waals surface area contributed by atoms with Crippen LogP contribution >= 0.6 is 11.6 Å². The van der Waals surface area contributed by atoms with E-state index in [0.717, 1.165) is 18.5 Å². The standard InChI is InChI=1S/C15H23ClN2O2S/c1-18(2)21(19,20)13-10-8-12(9-11-13)17-15-7-5-3-4-6-14(15)16/h8-11,14-15,17H,3-7H2,1-2H3. The van der Waals surface area contributed by atoms with Gasteiger partial charge in [-0.2, -0.15) is 0 Å². The van der Waals surface area contributed by atoms with Crippen LogP contribution < -0.4 is 5.32 Å². The van der Waals surface area contributed by atoms with E-state index < -0.39 is 10.0 Å². The molecule has 1 aliphatic carbocycles. The molecule has 2 atom stereocenters. The minimum absolute atomic E-state index is 0.137. The van der Waals surface area contributed by atoms with Crippen LogP contribution in [-0.2, 0) is 10.0 Å². The maximum absolute atomic E-state index is 12.0. The van der Waals surface area contributed by atoms with E-state index in [9.17, 15) is 8.42 Å². The van der Waals surface area contributed by atoms with Gasteiger partial charge in [-0.15, -0.1) is 11.6 Å². The second-order valence-electron chi connectivity index (χ2n) is 5.72. The Morgan fingerprint density at radius 2 is 1.71 bits per heavy atom. The second-order valence-corrected chi connectivity index (χ2v) is 8.43. The number of alkyl halides is 1. The van der Waals surface area contributed by atoms with Crippen LogP contribution in [0.2, 0.25) is 0 Å². The molecule has 4 nitrogen and oxygen atoms in total. The number of hydrogen-bond acceptors (Lipinski definition) is 3. The van der Waals surface area contributed by atoms with Gasteiger partial charge in [-0.3, -0.25) is 0 Å². The number of hydrogen-bond donors (Lipinski definition) is 1. The number of halogens is 1. The van der Waals surface area contributed by atoms with Crippen molar-refractivity contribution < 1.29 is 8.42 Å². The Labute approximate surface area is 132 Å². The third kappa shape index (κ3) is 4.11. The molecule has 0 aromatic heterocycles. The Balaban J connectivity index is 2.09. The lowest BCUT2D eigenvalue weighted by Gasteiger charge is -2.22. The predicted octanol–water partition coefficient (Wildman–Crippen LogP) is 3.29. The summed E-state index contributed by atoms with van der Waals surface area (Å²) in [5.41, 5.74) is 0.922. The zero-order valence-corrected chi connectivity index (χ0v) is 14.1. The Morgan fingerprint density at radius 1 is 1.10 bits per heavy atom. The van der Waals surface area contributed by atoms with Crippen LogP contribution in [0.1, 0.15) is 32.1 Å². The average Bonchev–Trinajstić information content (AvgIpc) is 2.65. The van der Waals surface area contributed by atoms with E-state index in [1.54, 1.807) is 12.1 Å². The summed E-state index contributed by atoms with van der Waals surface area (Å²) in [6, 6.07) is 7.15. The van der Waals surface area contributed by atoms with Crippen molar-refractivity contribution in [1.82, 2.24) is 4.31 Å². The van der Waals surface area contributed by atoms with Crippen LogP contribution in [0.15, 0.2) is 29.2 Å². The zero-order valence-electron chi connectivity index (χ0n) is 12.5. The van der Waals surface area contributed by atoms with Crippen molar-refractivity contribution >= 4 is 27.3 Å². The van der Waals surface area contributed by atoms with E-state index in [1.165, 1.54) is 37.7 Å². The van der Waals surface area contributed by atoms with Crippen LogP contribution in [0.3, 0.4) is 0 Å². The summed E-state index contributed by atoms with van der Waals surface area (Å²) in [5, 5.41) is 3.57. The van der Waals surface area contributed by atoms with E-state index >= 15 is 0 Å². The van der Waals surface area contributed by atoms with Gasteiger partial charge in [-0.1, -0.05) is 19.3 Å². The molecule has 1 aromatic rings. The van der Waals surface area contributed by atoms with Gasteiger partial charge in [0, 0.05) is 25.8 Å². The van der Waals surface area contributed by atoms with Gasteiger partial charge in [-0.25, -0.2) is 12.7 Å². The second kappa shape index (κ2) is 6.99.